The third-order valence-corrected chi connectivity index (χ3v) is 3.52. The van der Waals surface area contributed by atoms with E-state index in [2.05, 4.69) is 5.32 Å². The van der Waals surface area contributed by atoms with Crippen LogP contribution in [0.2, 0.25) is 0 Å². The van der Waals surface area contributed by atoms with E-state index >= 15 is 0 Å². The molecular weight excluding hydrogens is 334 g/mol. The summed E-state index contributed by atoms with van der Waals surface area (Å²) in [5, 5.41) is 2.68. The number of nitrogens with one attached hydrogen (secondary N) is 1. The fourth-order valence-corrected chi connectivity index (χ4v) is 2.06. The lowest BCUT2D eigenvalue weighted by molar-refractivity contribution is -0.143. The summed E-state index contributed by atoms with van der Waals surface area (Å²) in [5.41, 5.74) is 1.75. The molecule has 1 amide bonds. The van der Waals surface area contributed by atoms with Gasteiger partial charge in [-0.1, -0.05) is 24.3 Å². The molecule has 26 heavy (non-hydrogen) atoms. The topological polar surface area (TPSA) is 73.9 Å². The molecule has 0 bridgehead atoms. The van der Waals surface area contributed by atoms with Gasteiger partial charge in [0.25, 0.3) is 5.91 Å². The van der Waals surface area contributed by atoms with Gasteiger partial charge < -0.3 is 19.5 Å². The van der Waals surface area contributed by atoms with Crippen LogP contribution in [0.1, 0.15) is 11.1 Å². The zero-order chi connectivity index (χ0) is 18.8. The van der Waals surface area contributed by atoms with Crippen molar-refractivity contribution in [3.63, 3.8) is 0 Å². The molecule has 0 aliphatic carbocycles. The van der Waals surface area contributed by atoms with Crippen molar-refractivity contribution in [2.75, 3.05) is 20.8 Å². The van der Waals surface area contributed by atoms with E-state index < -0.39 is 5.97 Å². The van der Waals surface area contributed by atoms with Gasteiger partial charge in [0.15, 0.2) is 6.61 Å². The van der Waals surface area contributed by atoms with Crippen molar-refractivity contribution in [1.29, 1.82) is 0 Å². The summed E-state index contributed by atoms with van der Waals surface area (Å²) in [5.74, 6) is 0.531. The minimum Gasteiger partial charge on any atom is -0.497 e. The predicted molar refractivity (Wildman–Crippen MR) is 97.8 cm³/mol. The number of methoxy groups -OCH3 is 2. The van der Waals surface area contributed by atoms with E-state index in [-0.39, 0.29) is 12.5 Å². The zero-order valence-electron chi connectivity index (χ0n) is 14.7. The number of hydrogen-bond donors (Lipinski definition) is 1. The third-order valence-electron chi connectivity index (χ3n) is 3.52. The van der Waals surface area contributed by atoms with Gasteiger partial charge in [0, 0.05) is 12.6 Å². The summed E-state index contributed by atoms with van der Waals surface area (Å²) in [6.45, 7) is 0.0179. The van der Waals surface area contributed by atoms with Crippen LogP contribution in [0.3, 0.4) is 0 Å². The van der Waals surface area contributed by atoms with Crippen LogP contribution in [-0.4, -0.2) is 32.7 Å². The number of carbonyl (C=O) groups excluding carboxylic acids is 2. The Morgan fingerprint density at radius 1 is 0.923 bits per heavy atom. The summed E-state index contributed by atoms with van der Waals surface area (Å²) in [4.78, 5) is 23.4. The highest BCUT2D eigenvalue weighted by Gasteiger charge is 2.05. The zero-order valence-corrected chi connectivity index (χ0v) is 14.7. The highest BCUT2D eigenvalue weighted by Crippen LogP contribution is 2.12. The average Bonchev–Trinajstić information content (AvgIpc) is 2.69. The van der Waals surface area contributed by atoms with Gasteiger partial charge in [-0.15, -0.1) is 0 Å². The van der Waals surface area contributed by atoms with E-state index in [0.717, 1.165) is 22.6 Å². The van der Waals surface area contributed by atoms with Crippen molar-refractivity contribution >= 4 is 18.0 Å². The number of esters is 1. The second kappa shape index (κ2) is 9.88. The monoisotopic (exact) mass is 355 g/mol. The number of carbonyl (C=O) groups is 2. The number of rotatable bonds is 8. The first kappa shape index (κ1) is 19.1. The largest absolute Gasteiger partial charge is 0.497 e. The molecule has 0 aliphatic heterocycles. The SMILES string of the molecule is COc1ccc(/C=C/C(=O)OCC(=O)NCc2ccc(OC)cc2)cc1. The highest BCUT2D eigenvalue weighted by atomic mass is 16.5. The molecule has 0 radical (unpaired) electrons. The van der Waals surface area contributed by atoms with Crippen molar-refractivity contribution in [3.8, 4) is 11.5 Å². The molecule has 0 saturated heterocycles. The fraction of sp³-hybridized carbons (Fsp3) is 0.200. The van der Waals surface area contributed by atoms with E-state index in [4.69, 9.17) is 14.2 Å². The summed E-state index contributed by atoms with van der Waals surface area (Å²) >= 11 is 0. The molecule has 6 heteroatoms. The predicted octanol–water partition coefficient (Wildman–Crippen LogP) is 2.58. The number of benzene rings is 2. The van der Waals surface area contributed by atoms with Gasteiger partial charge in [-0.2, -0.15) is 0 Å². The molecule has 0 aromatic heterocycles. The lowest BCUT2D eigenvalue weighted by atomic mass is 10.2. The van der Waals surface area contributed by atoms with Gasteiger partial charge in [-0.05, 0) is 41.5 Å². The quantitative estimate of drug-likeness (QED) is 0.582. The van der Waals surface area contributed by atoms with Crippen LogP contribution >= 0.6 is 0 Å². The third kappa shape index (κ3) is 6.32. The molecule has 0 unspecified atom stereocenters. The molecule has 1 N–H and O–H groups in total. The first-order chi connectivity index (χ1) is 12.6. The second-order valence-corrected chi connectivity index (χ2v) is 5.34. The Bertz CT molecular complexity index is 751. The summed E-state index contributed by atoms with van der Waals surface area (Å²) in [7, 11) is 3.18. The Labute approximate surface area is 152 Å². The molecular formula is C20H21NO5. The lowest BCUT2D eigenvalue weighted by Gasteiger charge is -2.06. The maximum absolute atomic E-state index is 11.7. The van der Waals surface area contributed by atoms with Gasteiger partial charge >= 0.3 is 5.97 Å². The molecule has 136 valence electrons. The van der Waals surface area contributed by atoms with Gasteiger partial charge in [0.2, 0.25) is 0 Å². The summed E-state index contributed by atoms with van der Waals surface area (Å²) < 4.78 is 15.0. The Balaban J connectivity index is 1.71. The first-order valence-electron chi connectivity index (χ1n) is 7.99. The Morgan fingerprint density at radius 3 is 2.08 bits per heavy atom. The Morgan fingerprint density at radius 2 is 1.50 bits per heavy atom. The number of ether oxygens (including phenoxy) is 3. The van der Waals surface area contributed by atoms with E-state index in [9.17, 15) is 9.59 Å². The lowest BCUT2D eigenvalue weighted by Crippen LogP contribution is -2.28. The molecule has 0 fully saturated rings. The normalized spacial score (nSPS) is 10.4. The average molecular weight is 355 g/mol. The molecule has 0 atom stereocenters. The number of hydrogen-bond acceptors (Lipinski definition) is 5. The minimum absolute atomic E-state index is 0.331. The molecule has 0 spiro atoms. The van der Waals surface area contributed by atoms with Crippen molar-refractivity contribution in [2.45, 2.75) is 6.54 Å². The van der Waals surface area contributed by atoms with Crippen LogP contribution in [0.15, 0.2) is 54.6 Å². The van der Waals surface area contributed by atoms with Crippen LogP contribution in [0.25, 0.3) is 6.08 Å². The van der Waals surface area contributed by atoms with Gasteiger partial charge in [0.05, 0.1) is 14.2 Å². The molecule has 0 heterocycles. The Hall–Kier alpha value is -3.28. The van der Waals surface area contributed by atoms with Gasteiger partial charge in [-0.3, -0.25) is 4.79 Å². The van der Waals surface area contributed by atoms with Crippen molar-refractivity contribution < 1.29 is 23.8 Å². The first-order valence-corrected chi connectivity index (χ1v) is 7.99. The van der Waals surface area contributed by atoms with Crippen LogP contribution in [0.4, 0.5) is 0 Å². The molecule has 2 rings (SSSR count). The highest BCUT2D eigenvalue weighted by molar-refractivity contribution is 5.89. The minimum atomic E-state index is -0.583. The molecule has 0 aliphatic rings. The van der Waals surface area contributed by atoms with E-state index in [0.29, 0.717) is 6.54 Å². The van der Waals surface area contributed by atoms with Crippen LogP contribution in [-0.2, 0) is 20.9 Å². The maximum Gasteiger partial charge on any atom is 0.331 e. The van der Waals surface area contributed by atoms with Crippen molar-refractivity contribution in [1.82, 2.24) is 5.32 Å². The van der Waals surface area contributed by atoms with Gasteiger partial charge in [0.1, 0.15) is 11.5 Å². The second-order valence-electron chi connectivity index (χ2n) is 5.34. The maximum atomic E-state index is 11.7. The standard InChI is InChI=1S/C20H21NO5/c1-24-17-8-3-15(4-9-17)7-12-20(23)26-14-19(22)21-13-16-5-10-18(25-2)11-6-16/h3-12H,13-14H2,1-2H3,(H,21,22)/b12-7+. The smallest absolute Gasteiger partial charge is 0.331 e. The molecule has 0 saturated carbocycles. The van der Waals surface area contributed by atoms with Gasteiger partial charge in [-0.25, -0.2) is 4.79 Å². The fourth-order valence-electron chi connectivity index (χ4n) is 2.06. The van der Waals surface area contributed by atoms with Crippen molar-refractivity contribution in [3.05, 3.63) is 65.7 Å². The van der Waals surface area contributed by atoms with E-state index in [1.54, 1.807) is 32.4 Å². The molecule has 2 aromatic rings. The van der Waals surface area contributed by atoms with Crippen molar-refractivity contribution in [2.24, 2.45) is 0 Å². The Kier molecular flexibility index (Phi) is 7.24. The van der Waals surface area contributed by atoms with Crippen LogP contribution in [0.5, 0.6) is 11.5 Å². The van der Waals surface area contributed by atoms with E-state index in [1.165, 1.54) is 6.08 Å². The van der Waals surface area contributed by atoms with Crippen LogP contribution in [0, 0.1) is 0 Å². The van der Waals surface area contributed by atoms with Crippen LogP contribution < -0.4 is 14.8 Å². The number of amides is 1. The molecule has 2 aromatic carbocycles. The summed E-state index contributed by atoms with van der Waals surface area (Å²) in [6, 6.07) is 14.5. The molecule has 6 nitrogen and oxygen atoms in total. The summed E-state index contributed by atoms with van der Waals surface area (Å²) in [6.07, 6.45) is 2.88. The van der Waals surface area contributed by atoms with E-state index in [1.807, 2.05) is 36.4 Å².